The first-order valence-electron chi connectivity index (χ1n) is 11.2. The van der Waals surface area contributed by atoms with E-state index in [-0.39, 0.29) is 35.4 Å². The molecular weight excluding hydrogens is 489 g/mol. The highest BCUT2D eigenvalue weighted by Crippen LogP contribution is 2.16. The quantitative estimate of drug-likeness (QED) is 0.504. The summed E-state index contributed by atoms with van der Waals surface area (Å²) in [7, 11) is 0. The van der Waals surface area contributed by atoms with Crippen molar-refractivity contribution in [3.8, 4) is 0 Å². The van der Waals surface area contributed by atoms with Gasteiger partial charge in [0.2, 0.25) is 0 Å². The number of ether oxygens (including phenoxy) is 1. The summed E-state index contributed by atoms with van der Waals surface area (Å²) in [6.45, 7) is 2.51. The average Bonchev–Trinajstić information content (AvgIpc) is 2.92. The van der Waals surface area contributed by atoms with Crippen LogP contribution in [0.25, 0.3) is 0 Å². The first-order valence-corrected chi connectivity index (χ1v) is 11.6. The number of nitrogens with zero attached hydrogens (tertiary/aromatic N) is 3. The molecule has 1 aliphatic heterocycles. The lowest BCUT2D eigenvalue weighted by atomic mass is 10.1. The Bertz CT molecular complexity index is 1270. The third-order valence-corrected chi connectivity index (χ3v) is 5.81. The van der Waals surface area contributed by atoms with Crippen molar-refractivity contribution in [3.63, 3.8) is 0 Å². The van der Waals surface area contributed by atoms with Crippen LogP contribution in [-0.4, -0.2) is 58.9 Å². The molecule has 1 aromatic heterocycles. The van der Waals surface area contributed by atoms with E-state index in [1.165, 1.54) is 24.3 Å². The fraction of sp³-hybridized carbons (Fsp3) is 0.240. The Balaban J connectivity index is 1.30. The summed E-state index contributed by atoms with van der Waals surface area (Å²) in [5.41, 5.74) is 2.01. The van der Waals surface area contributed by atoms with Crippen LogP contribution in [0.4, 0.5) is 4.39 Å². The Morgan fingerprint density at radius 1 is 0.889 bits per heavy atom. The van der Waals surface area contributed by atoms with Crippen molar-refractivity contribution >= 4 is 29.3 Å². The van der Waals surface area contributed by atoms with E-state index in [0.717, 1.165) is 11.9 Å². The van der Waals surface area contributed by atoms with Crippen LogP contribution in [0.2, 0.25) is 5.02 Å². The predicted octanol–water partition coefficient (Wildman–Crippen LogP) is 2.60. The molecule has 3 amide bonds. The number of hydrogen-bond donors (Lipinski definition) is 2. The van der Waals surface area contributed by atoms with Crippen LogP contribution in [0.1, 0.15) is 42.5 Å². The maximum atomic E-state index is 13.3. The zero-order valence-corrected chi connectivity index (χ0v) is 19.9. The molecule has 1 fully saturated rings. The summed E-state index contributed by atoms with van der Waals surface area (Å²) < 4.78 is 18.6. The summed E-state index contributed by atoms with van der Waals surface area (Å²) in [6, 6.07) is 12.4. The van der Waals surface area contributed by atoms with E-state index in [0.29, 0.717) is 37.4 Å². The van der Waals surface area contributed by atoms with Gasteiger partial charge in [0.1, 0.15) is 23.5 Å². The second kappa shape index (κ2) is 11.7. The molecule has 2 N–H and O–H groups in total. The number of halogens is 2. The van der Waals surface area contributed by atoms with Crippen molar-refractivity contribution in [2.24, 2.45) is 0 Å². The van der Waals surface area contributed by atoms with E-state index in [4.69, 9.17) is 16.3 Å². The van der Waals surface area contributed by atoms with E-state index in [9.17, 15) is 18.8 Å². The van der Waals surface area contributed by atoms with E-state index in [1.54, 1.807) is 29.2 Å². The highest BCUT2D eigenvalue weighted by atomic mass is 35.5. The zero-order chi connectivity index (χ0) is 25.5. The molecule has 0 spiro atoms. The number of nitrogens with one attached hydrogen (secondary N) is 2. The van der Waals surface area contributed by atoms with Gasteiger partial charge in [0.15, 0.2) is 0 Å². The van der Waals surface area contributed by atoms with Crippen molar-refractivity contribution in [2.45, 2.75) is 13.1 Å². The van der Waals surface area contributed by atoms with Crippen LogP contribution >= 0.6 is 11.6 Å². The first kappa shape index (κ1) is 25.2. The number of rotatable bonds is 7. The molecule has 0 radical (unpaired) electrons. The van der Waals surface area contributed by atoms with Crippen LogP contribution in [0.5, 0.6) is 0 Å². The number of aromatic nitrogens is 2. The normalized spacial score (nSPS) is 13.2. The van der Waals surface area contributed by atoms with Crippen LogP contribution in [0.3, 0.4) is 0 Å². The first-order chi connectivity index (χ1) is 17.4. The second-order valence-electron chi connectivity index (χ2n) is 8.00. The fourth-order valence-corrected chi connectivity index (χ4v) is 3.72. The Morgan fingerprint density at radius 2 is 1.47 bits per heavy atom. The molecule has 11 heteroatoms. The number of benzene rings is 2. The molecule has 2 heterocycles. The molecule has 36 heavy (non-hydrogen) atoms. The molecule has 3 aromatic rings. The maximum Gasteiger partial charge on any atom is 0.270 e. The average molecular weight is 512 g/mol. The Hall–Kier alpha value is -3.89. The summed E-state index contributed by atoms with van der Waals surface area (Å²) in [5.74, 6) is -1.60. The number of carbonyl (C=O) groups excluding carboxylic acids is 3. The third-order valence-electron chi connectivity index (χ3n) is 5.52. The van der Waals surface area contributed by atoms with Crippen LogP contribution in [-0.2, 0) is 17.8 Å². The number of amides is 3. The Labute approximate surface area is 211 Å². The molecule has 4 rings (SSSR count). The summed E-state index contributed by atoms with van der Waals surface area (Å²) in [5, 5.41) is 5.34. The zero-order valence-electron chi connectivity index (χ0n) is 19.2. The number of hydrogen-bond acceptors (Lipinski definition) is 6. The SMILES string of the molecule is O=C(NCc1ccc(C(=O)N2CCOCC2)cc1)c1cc(C(=O)NCc2ccc(F)c(Cl)c2)ncn1. The lowest BCUT2D eigenvalue weighted by molar-refractivity contribution is 0.0303. The summed E-state index contributed by atoms with van der Waals surface area (Å²) in [6.07, 6.45) is 1.13. The smallest absolute Gasteiger partial charge is 0.270 e. The number of morpholine rings is 1. The lowest BCUT2D eigenvalue weighted by Gasteiger charge is -2.26. The number of carbonyl (C=O) groups is 3. The molecule has 0 aliphatic carbocycles. The third kappa shape index (κ3) is 6.41. The molecule has 0 bridgehead atoms. The molecule has 2 aromatic carbocycles. The highest BCUT2D eigenvalue weighted by molar-refractivity contribution is 6.30. The van der Waals surface area contributed by atoms with E-state index < -0.39 is 17.6 Å². The van der Waals surface area contributed by atoms with Gasteiger partial charge < -0.3 is 20.3 Å². The Kier molecular flexibility index (Phi) is 8.19. The molecule has 9 nitrogen and oxygen atoms in total. The topological polar surface area (TPSA) is 114 Å². The van der Waals surface area contributed by atoms with Gasteiger partial charge in [-0.05, 0) is 35.4 Å². The minimum absolute atomic E-state index is 0.00865. The minimum atomic E-state index is -0.546. The lowest BCUT2D eigenvalue weighted by Crippen LogP contribution is -2.40. The molecule has 186 valence electrons. The van der Waals surface area contributed by atoms with Gasteiger partial charge in [0.05, 0.1) is 18.2 Å². The largest absolute Gasteiger partial charge is 0.378 e. The predicted molar refractivity (Wildman–Crippen MR) is 129 cm³/mol. The second-order valence-corrected chi connectivity index (χ2v) is 8.41. The van der Waals surface area contributed by atoms with Gasteiger partial charge in [-0.1, -0.05) is 29.8 Å². The van der Waals surface area contributed by atoms with Gasteiger partial charge in [-0.25, -0.2) is 14.4 Å². The van der Waals surface area contributed by atoms with Crippen molar-refractivity contribution in [3.05, 3.63) is 93.8 Å². The Morgan fingerprint density at radius 3 is 2.08 bits per heavy atom. The molecule has 1 aliphatic rings. The summed E-state index contributed by atoms with van der Waals surface area (Å²) in [4.78, 5) is 47.2. The van der Waals surface area contributed by atoms with Crippen molar-refractivity contribution < 1.29 is 23.5 Å². The minimum Gasteiger partial charge on any atom is -0.378 e. The van der Waals surface area contributed by atoms with E-state index >= 15 is 0 Å². The van der Waals surface area contributed by atoms with Crippen molar-refractivity contribution in [1.29, 1.82) is 0 Å². The van der Waals surface area contributed by atoms with Crippen molar-refractivity contribution in [2.75, 3.05) is 26.3 Å². The highest BCUT2D eigenvalue weighted by Gasteiger charge is 2.18. The molecule has 0 unspecified atom stereocenters. The van der Waals surface area contributed by atoms with Crippen LogP contribution in [0, 0.1) is 5.82 Å². The van der Waals surface area contributed by atoms with E-state index in [1.807, 2.05) is 0 Å². The van der Waals surface area contributed by atoms with Crippen molar-refractivity contribution in [1.82, 2.24) is 25.5 Å². The molecule has 0 atom stereocenters. The van der Waals surface area contributed by atoms with Gasteiger partial charge in [0.25, 0.3) is 17.7 Å². The van der Waals surface area contributed by atoms with Gasteiger partial charge in [0, 0.05) is 37.8 Å². The summed E-state index contributed by atoms with van der Waals surface area (Å²) >= 11 is 5.76. The monoisotopic (exact) mass is 511 g/mol. The van der Waals surface area contributed by atoms with Crippen LogP contribution < -0.4 is 10.6 Å². The van der Waals surface area contributed by atoms with Gasteiger partial charge in [-0.2, -0.15) is 0 Å². The molecule has 0 saturated carbocycles. The molecule has 1 saturated heterocycles. The van der Waals surface area contributed by atoms with Gasteiger partial charge >= 0.3 is 0 Å². The van der Waals surface area contributed by atoms with E-state index in [2.05, 4.69) is 20.6 Å². The van der Waals surface area contributed by atoms with Gasteiger partial charge in [-0.15, -0.1) is 0 Å². The molecular formula is C25H23ClFN5O4. The maximum absolute atomic E-state index is 13.3. The van der Waals surface area contributed by atoms with Crippen LogP contribution in [0.15, 0.2) is 54.9 Å². The fourth-order valence-electron chi connectivity index (χ4n) is 3.52. The standard InChI is InChI=1S/C25H23ClFN5O4/c26-19-11-17(3-6-20(19)27)14-29-24(34)22-12-21(30-15-31-22)23(33)28-13-16-1-4-18(5-2-16)25(35)32-7-9-36-10-8-32/h1-6,11-12,15H,7-10,13-14H2,(H,28,33)(H,29,34). The van der Waals surface area contributed by atoms with Gasteiger partial charge in [-0.3, -0.25) is 14.4 Å².